The molecule has 0 unspecified atom stereocenters. The summed E-state index contributed by atoms with van der Waals surface area (Å²) in [6.07, 6.45) is 8.13. The molecule has 0 aliphatic carbocycles. The van der Waals surface area contributed by atoms with Crippen LogP contribution < -0.4 is 27.0 Å². The lowest BCUT2D eigenvalue weighted by molar-refractivity contribution is -0.882. The third-order valence-electron chi connectivity index (χ3n) is 7.36. The van der Waals surface area contributed by atoms with Crippen molar-refractivity contribution in [1.29, 1.82) is 0 Å². The number of unbranched alkanes of at least 4 members (excludes halogenated alkanes) is 1. The number of oxazole rings is 1. The first kappa shape index (κ1) is 35.3. The highest BCUT2D eigenvalue weighted by Crippen LogP contribution is 2.37. The number of aromatic nitrogens is 1. The predicted octanol–water partition coefficient (Wildman–Crippen LogP) is 5.15. The lowest BCUT2D eigenvalue weighted by Gasteiger charge is -2.29. The molecule has 4 aromatic rings. The van der Waals surface area contributed by atoms with E-state index in [2.05, 4.69) is 79.7 Å². The van der Waals surface area contributed by atoms with Crippen LogP contribution >= 0.6 is 15.9 Å². The van der Waals surface area contributed by atoms with Gasteiger partial charge in [0.15, 0.2) is 12.1 Å². The Bertz CT molecular complexity index is 1580. The highest BCUT2D eigenvalue weighted by molar-refractivity contribution is 9.10. The summed E-state index contributed by atoms with van der Waals surface area (Å²) in [5, 5.41) is 3.02. The second-order valence-corrected chi connectivity index (χ2v) is 12.4. The molecule has 0 radical (unpaired) electrons. The summed E-state index contributed by atoms with van der Waals surface area (Å²) in [6, 6.07) is 18.4. The molecule has 234 valence electrons. The Balaban J connectivity index is 0.00000529. The molecule has 0 fully saturated rings. The van der Waals surface area contributed by atoms with Crippen LogP contribution in [0, 0.1) is 0 Å². The zero-order valence-corrected chi connectivity index (χ0v) is 29.2. The van der Waals surface area contributed by atoms with Gasteiger partial charge in [0.05, 0.1) is 32.8 Å². The van der Waals surface area contributed by atoms with Crippen LogP contribution in [-0.4, -0.2) is 55.7 Å². The van der Waals surface area contributed by atoms with Crippen LogP contribution in [0.3, 0.4) is 0 Å². The Morgan fingerprint density at radius 3 is 2.55 bits per heavy atom. The van der Waals surface area contributed by atoms with Crippen molar-refractivity contribution in [2.45, 2.75) is 39.0 Å². The normalized spacial score (nSPS) is 11.2. The number of fused-ring (bicyclic) bond motifs is 1. The number of carbonyl (C=O) groups excluding carboxylic acids is 1. The summed E-state index contributed by atoms with van der Waals surface area (Å²) < 4.78 is 14.2. The molecule has 8 heteroatoms. The molecule has 44 heavy (non-hydrogen) atoms. The number of halogens is 2. The van der Waals surface area contributed by atoms with Gasteiger partial charge >= 0.3 is 0 Å². The fourth-order valence-corrected chi connectivity index (χ4v) is 5.60. The van der Waals surface area contributed by atoms with E-state index in [0.29, 0.717) is 29.9 Å². The number of carbonyl (C=O) groups is 1. The molecule has 1 aromatic heterocycles. The Morgan fingerprint density at radius 2 is 1.82 bits per heavy atom. The molecule has 0 aliphatic heterocycles. The maximum absolute atomic E-state index is 12.3. The van der Waals surface area contributed by atoms with Crippen LogP contribution in [0.4, 0.5) is 0 Å². The fourth-order valence-electron chi connectivity index (χ4n) is 5.15. The van der Waals surface area contributed by atoms with Gasteiger partial charge in [0.2, 0.25) is 5.89 Å². The second-order valence-electron chi connectivity index (χ2n) is 11.5. The number of ether oxygens (including phenoxy) is 1. The van der Waals surface area contributed by atoms with Crippen LogP contribution in [-0.2, 0) is 17.6 Å². The molecule has 0 saturated carbocycles. The number of likely N-dealkylation sites (N-methyl/N-ethyl adjacent to an activating group) is 1. The van der Waals surface area contributed by atoms with Crippen molar-refractivity contribution in [2.75, 3.05) is 40.3 Å². The number of hydrogen-bond acceptors (Lipinski definition) is 4. The van der Waals surface area contributed by atoms with Gasteiger partial charge in [-0.2, -0.15) is 0 Å². The van der Waals surface area contributed by atoms with E-state index in [1.807, 2.05) is 42.5 Å². The molecular weight excluding hydrogens is 682 g/mol. The maximum atomic E-state index is 12.3. The highest BCUT2D eigenvalue weighted by atomic mass is 79.9. The molecule has 1 amide bonds. The monoisotopic (exact) mass is 723 g/mol. The summed E-state index contributed by atoms with van der Waals surface area (Å²) in [5.74, 6) is 1.52. The predicted molar refractivity (Wildman–Crippen MR) is 180 cm³/mol. The molecule has 1 heterocycles. The van der Waals surface area contributed by atoms with Gasteiger partial charge in [-0.1, -0.05) is 43.7 Å². The van der Waals surface area contributed by atoms with Gasteiger partial charge in [-0.25, -0.2) is 4.98 Å². The third kappa shape index (κ3) is 9.40. The Kier molecular flexibility index (Phi) is 13.4. The fraction of sp³-hybridized carbons (Fsp3) is 0.333. The van der Waals surface area contributed by atoms with Gasteiger partial charge < -0.3 is 35.9 Å². The largest absolute Gasteiger partial charge is 1.00 e. The quantitative estimate of drug-likeness (QED) is 0.0988. The van der Waals surface area contributed by atoms with E-state index in [1.54, 1.807) is 0 Å². The standard InChI is InChI=1S/C36H42BrN3O3.BrH/c1-6-9-19-38-34(41)25-40(4,5)20-12-21-42-33-18-17-27(24-28(33)14-8-3)30-22-26(13-7-2)23-32-35(30)43-36(39-32)29-15-10-11-16-31(29)37;/h7-8,10-11,15-18,22-24H,2-3,6,9,12-14,19-21,25H2,1,4-5H3;1H. The van der Waals surface area contributed by atoms with Gasteiger partial charge in [0, 0.05) is 23.0 Å². The van der Waals surface area contributed by atoms with E-state index in [9.17, 15) is 4.79 Å². The molecule has 0 aliphatic rings. The van der Waals surface area contributed by atoms with Crippen molar-refractivity contribution >= 4 is 32.9 Å². The number of nitrogens with one attached hydrogen (secondary N) is 1. The average molecular weight is 726 g/mol. The van der Waals surface area contributed by atoms with Gasteiger partial charge in [0.25, 0.3) is 5.91 Å². The summed E-state index contributed by atoms with van der Waals surface area (Å²) in [7, 11) is 4.17. The van der Waals surface area contributed by atoms with Crippen LogP contribution in [0.25, 0.3) is 33.7 Å². The van der Waals surface area contributed by atoms with Gasteiger partial charge in [0.1, 0.15) is 11.3 Å². The number of benzene rings is 3. The molecule has 0 saturated heterocycles. The van der Waals surface area contributed by atoms with Crippen molar-refractivity contribution in [2.24, 2.45) is 0 Å². The number of amides is 1. The smallest absolute Gasteiger partial charge is 0.275 e. The maximum Gasteiger partial charge on any atom is 0.275 e. The minimum Gasteiger partial charge on any atom is -1.00 e. The molecule has 6 nitrogen and oxygen atoms in total. The van der Waals surface area contributed by atoms with Crippen molar-refractivity contribution in [3.63, 3.8) is 0 Å². The molecule has 0 bridgehead atoms. The van der Waals surface area contributed by atoms with Gasteiger partial charge in [-0.05, 0) is 88.3 Å². The minimum absolute atomic E-state index is 0. The van der Waals surface area contributed by atoms with E-state index < -0.39 is 0 Å². The third-order valence-corrected chi connectivity index (χ3v) is 8.05. The Labute approximate surface area is 280 Å². The molecule has 4 rings (SSSR count). The molecule has 3 aromatic carbocycles. The van der Waals surface area contributed by atoms with Crippen molar-refractivity contribution in [3.05, 3.63) is 95.5 Å². The summed E-state index contributed by atoms with van der Waals surface area (Å²) >= 11 is 3.63. The summed E-state index contributed by atoms with van der Waals surface area (Å²) in [5.41, 5.74) is 6.65. The van der Waals surface area contributed by atoms with Crippen molar-refractivity contribution in [1.82, 2.24) is 10.3 Å². The number of quaternary nitrogens is 1. The second kappa shape index (κ2) is 16.8. The van der Waals surface area contributed by atoms with Crippen LogP contribution in [0.15, 0.2) is 88.8 Å². The highest BCUT2D eigenvalue weighted by Gasteiger charge is 2.20. The summed E-state index contributed by atoms with van der Waals surface area (Å²) in [4.78, 5) is 17.2. The molecular formula is C36H43Br2N3O3. The molecule has 1 N–H and O–H groups in total. The Hall–Kier alpha value is -3.20. The number of hydrogen-bond donors (Lipinski definition) is 1. The number of nitrogens with zero attached hydrogens (tertiary/aromatic N) is 2. The van der Waals surface area contributed by atoms with E-state index in [0.717, 1.165) is 87.9 Å². The van der Waals surface area contributed by atoms with Crippen LogP contribution in [0.1, 0.15) is 37.3 Å². The average Bonchev–Trinajstić information content (AvgIpc) is 3.40. The first-order chi connectivity index (χ1) is 20.7. The molecule has 0 atom stereocenters. The van der Waals surface area contributed by atoms with Gasteiger partial charge in [-0.15, -0.1) is 13.2 Å². The van der Waals surface area contributed by atoms with Crippen LogP contribution in [0.5, 0.6) is 5.75 Å². The minimum atomic E-state index is 0. The number of rotatable bonds is 16. The van der Waals surface area contributed by atoms with Crippen LogP contribution in [0.2, 0.25) is 0 Å². The van der Waals surface area contributed by atoms with Crippen molar-refractivity contribution < 1.29 is 35.4 Å². The zero-order valence-electron chi connectivity index (χ0n) is 26.0. The Morgan fingerprint density at radius 1 is 1.05 bits per heavy atom. The van der Waals surface area contributed by atoms with Crippen molar-refractivity contribution in [3.8, 4) is 28.3 Å². The summed E-state index contributed by atoms with van der Waals surface area (Å²) in [6.45, 7) is 12.6. The van der Waals surface area contributed by atoms with E-state index in [-0.39, 0.29) is 22.9 Å². The van der Waals surface area contributed by atoms with E-state index in [1.165, 1.54) is 0 Å². The topological polar surface area (TPSA) is 64.4 Å². The van der Waals surface area contributed by atoms with E-state index >= 15 is 0 Å². The lowest BCUT2D eigenvalue weighted by atomic mass is 9.97. The SMILES string of the molecule is C=CCc1cc(-c2ccc(OCCC[N+](C)(C)CC(=O)NCCCC)c(CC=C)c2)c2oc(-c3ccccc3Br)nc2c1.[Br-]. The van der Waals surface area contributed by atoms with E-state index in [4.69, 9.17) is 14.1 Å². The first-order valence-electron chi connectivity index (χ1n) is 15.0. The van der Waals surface area contributed by atoms with Gasteiger partial charge in [-0.3, -0.25) is 4.79 Å². The first-order valence-corrected chi connectivity index (χ1v) is 15.8. The molecule has 0 spiro atoms. The number of allylic oxidation sites excluding steroid dienone is 2. The zero-order chi connectivity index (χ0) is 30.8. The lowest BCUT2D eigenvalue weighted by Crippen LogP contribution is -3.00.